The molecule has 4 heteroatoms. The average Bonchev–Trinajstić information content (AvgIpc) is 2.07. The molecule has 1 aliphatic rings. The predicted molar refractivity (Wildman–Crippen MR) is 62.0 cm³/mol. The molecule has 1 unspecified atom stereocenters. The van der Waals surface area contributed by atoms with Gasteiger partial charge in [0.05, 0.1) is 5.84 Å². The van der Waals surface area contributed by atoms with Crippen LogP contribution in [0.3, 0.4) is 0 Å². The van der Waals surface area contributed by atoms with Crippen molar-refractivity contribution >= 4 is 5.84 Å². The van der Waals surface area contributed by atoms with Crippen LogP contribution < -0.4 is 5.73 Å². The largest absolute Gasteiger partial charge is 0.396 e. The standard InChI is InChI=1S/C11H23N3O/c1-9(8-11(12)13)14(6-3-7-15)10-4-2-5-10/h9-10,15H,2-8H2,1H3,(H3,12,13). The van der Waals surface area contributed by atoms with Crippen molar-refractivity contribution < 1.29 is 5.11 Å². The van der Waals surface area contributed by atoms with Gasteiger partial charge in [-0.05, 0) is 26.2 Å². The molecule has 0 amide bonds. The molecule has 0 saturated heterocycles. The van der Waals surface area contributed by atoms with E-state index in [0.29, 0.717) is 18.5 Å². The van der Waals surface area contributed by atoms with Gasteiger partial charge in [-0.15, -0.1) is 0 Å². The molecule has 0 aromatic rings. The van der Waals surface area contributed by atoms with E-state index in [-0.39, 0.29) is 12.4 Å². The highest BCUT2D eigenvalue weighted by atomic mass is 16.3. The lowest BCUT2D eigenvalue weighted by molar-refractivity contribution is 0.0815. The Morgan fingerprint density at radius 3 is 2.67 bits per heavy atom. The van der Waals surface area contributed by atoms with E-state index >= 15 is 0 Å². The van der Waals surface area contributed by atoms with Gasteiger partial charge < -0.3 is 10.8 Å². The SMILES string of the molecule is CC(CC(=N)N)N(CCCO)C1CCC1. The lowest BCUT2D eigenvalue weighted by Gasteiger charge is -2.41. The first-order chi connectivity index (χ1) is 7.15. The number of aliphatic hydroxyl groups excluding tert-OH is 1. The Bertz CT molecular complexity index is 204. The summed E-state index contributed by atoms with van der Waals surface area (Å²) in [5.41, 5.74) is 5.43. The van der Waals surface area contributed by atoms with Crippen molar-refractivity contribution in [2.45, 2.75) is 51.1 Å². The fourth-order valence-corrected chi connectivity index (χ4v) is 2.17. The first kappa shape index (κ1) is 12.5. The molecule has 0 radical (unpaired) electrons. The summed E-state index contributed by atoms with van der Waals surface area (Å²) in [7, 11) is 0. The van der Waals surface area contributed by atoms with Gasteiger partial charge in [-0.3, -0.25) is 10.3 Å². The molecule has 4 nitrogen and oxygen atoms in total. The Hall–Kier alpha value is -0.610. The molecule has 1 saturated carbocycles. The second-order valence-electron chi connectivity index (χ2n) is 4.48. The van der Waals surface area contributed by atoms with Gasteiger partial charge in [0.25, 0.3) is 0 Å². The highest BCUT2D eigenvalue weighted by Crippen LogP contribution is 2.27. The maximum Gasteiger partial charge on any atom is 0.0920 e. The Morgan fingerprint density at radius 2 is 2.27 bits per heavy atom. The monoisotopic (exact) mass is 213 g/mol. The molecule has 0 spiro atoms. The van der Waals surface area contributed by atoms with E-state index in [9.17, 15) is 0 Å². The quantitative estimate of drug-likeness (QED) is 0.435. The van der Waals surface area contributed by atoms with E-state index in [1.807, 2.05) is 0 Å². The summed E-state index contributed by atoms with van der Waals surface area (Å²) in [5, 5.41) is 16.2. The fraction of sp³-hybridized carbons (Fsp3) is 0.909. The normalized spacial score (nSPS) is 18.9. The van der Waals surface area contributed by atoms with E-state index < -0.39 is 0 Å². The summed E-state index contributed by atoms with van der Waals surface area (Å²) in [6.45, 7) is 3.29. The van der Waals surface area contributed by atoms with E-state index in [0.717, 1.165) is 13.0 Å². The summed E-state index contributed by atoms with van der Waals surface area (Å²) < 4.78 is 0. The zero-order chi connectivity index (χ0) is 11.3. The van der Waals surface area contributed by atoms with Crippen LogP contribution in [-0.4, -0.2) is 41.1 Å². The van der Waals surface area contributed by atoms with Crippen molar-refractivity contribution in [1.82, 2.24) is 4.90 Å². The molecule has 1 rings (SSSR count). The number of amidine groups is 1. The van der Waals surface area contributed by atoms with Crippen LogP contribution >= 0.6 is 0 Å². The van der Waals surface area contributed by atoms with Gasteiger partial charge in [0.1, 0.15) is 0 Å². The van der Waals surface area contributed by atoms with Gasteiger partial charge in [0, 0.05) is 31.7 Å². The lowest BCUT2D eigenvalue weighted by Crippen LogP contribution is -2.47. The number of rotatable bonds is 7. The second kappa shape index (κ2) is 6.08. The maximum atomic E-state index is 8.86. The van der Waals surface area contributed by atoms with E-state index in [2.05, 4.69) is 11.8 Å². The van der Waals surface area contributed by atoms with Crippen molar-refractivity contribution in [1.29, 1.82) is 5.41 Å². The van der Waals surface area contributed by atoms with Crippen molar-refractivity contribution in [3.05, 3.63) is 0 Å². The van der Waals surface area contributed by atoms with E-state index in [1.54, 1.807) is 0 Å². The second-order valence-corrected chi connectivity index (χ2v) is 4.48. The van der Waals surface area contributed by atoms with Crippen molar-refractivity contribution in [2.75, 3.05) is 13.2 Å². The first-order valence-electron chi connectivity index (χ1n) is 5.84. The lowest BCUT2D eigenvalue weighted by atomic mass is 9.90. The number of aliphatic hydroxyl groups is 1. The van der Waals surface area contributed by atoms with Gasteiger partial charge in [-0.2, -0.15) is 0 Å². The van der Waals surface area contributed by atoms with Gasteiger partial charge >= 0.3 is 0 Å². The topological polar surface area (TPSA) is 73.3 Å². The average molecular weight is 213 g/mol. The third-order valence-corrected chi connectivity index (χ3v) is 3.20. The third-order valence-electron chi connectivity index (χ3n) is 3.20. The number of nitrogens with zero attached hydrogens (tertiary/aromatic N) is 1. The number of hydrogen-bond acceptors (Lipinski definition) is 3. The summed E-state index contributed by atoms with van der Waals surface area (Å²) in [6, 6.07) is 0.991. The third kappa shape index (κ3) is 3.80. The molecule has 1 atom stereocenters. The summed E-state index contributed by atoms with van der Waals surface area (Å²) in [5.74, 6) is 0.260. The van der Waals surface area contributed by atoms with Crippen LogP contribution in [0.1, 0.15) is 39.0 Å². The van der Waals surface area contributed by atoms with Crippen molar-refractivity contribution in [3.8, 4) is 0 Å². The molecule has 15 heavy (non-hydrogen) atoms. The van der Waals surface area contributed by atoms with Crippen LogP contribution in [0.25, 0.3) is 0 Å². The molecular weight excluding hydrogens is 190 g/mol. The molecule has 0 heterocycles. The maximum absolute atomic E-state index is 8.86. The van der Waals surface area contributed by atoms with Crippen LogP contribution in [-0.2, 0) is 0 Å². The minimum atomic E-state index is 0.246. The molecule has 1 aliphatic carbocycles. The Kier molecular flexibility index (Phi) is 5.05. The van der Waals surface area contributed by atoms with Gasteiger partial charge in [0.2, 0.25) is 0 Å². The molecule has 0 aliphatic heterocycles. The zero-order valence-corrected chi connectivity index (χ0v) is 9.58. The Labute approximate surface area is 92.0 Å². The van der Waals surface area contributed by atoms with Crippen LogP contribution in [0, 0.1) is 5.41 Å². The van der Waals surface area contributed by atoms with E-state index in [1.165, 1.54) is 19.3 Å². The number of nitrogens with one attached hydrogen (secondary N) is 1. The molecular formula is C11H23N3O. The first-order valence-corrected chi connectivity index (χ1v) is 5.84. The summed E-state index contributed by atoms with van der Waals surface area (Å²) in [6.07, 6.45) is 5.29. The van der Waals surface area contributed by atoms with E-state index in [4.69, 9.17) is 16.2 Å². The predicted octanol–water partition coefficient (Wildman–Crippen LogP) is 0.938. The number of hydrogen-bond donors (Lipinski definition) is 3. The number of nitrogens with two attached hydrogens (primary N) is 1. The van der Waals surface area contributed by atoms with Crippen molar-refractivity contribution in [3.63, 3.8) is 0 Å². The molecule has 0 aromatic carbocycles. The van der Waals surface area contributed by atoms with Crippen LogP contribution in [0.4, 0.5) is 0 Å². The highest BCUT2D eigenvalue weighted by molar-refractivity contribution is 5.77. The Balaban J connectivity index is 2.42. The Morgan fingerprint density at radius 1 is 1.60 bits per heavy atom. The molecule has 4 N–H and O–H groups in total. The minimum Gasteiger partial charge on any atom is -0.396 e. The van der Waals surface area contributed by atoms with Crippen molar-refractivity contribution in [2.24, 2.45) is 5.73 Å². The minimum absolute atomic E-state index is 0.246. The van der Waals surface area contributed by atoms with Crippen LogP contribution in [0.2, 0.25) is 0 Å². The van der Waals surface area contributed by atoms with Crippen LogP contribution in [0.5, 0.6) is 0 Å². The van der Waals surface area contributed by atoms with Gasteiger partial charge in [0.15, 0.2) is 0 Å². The van der Waals surface area contributed by atoms with Crippen LogP contribution in [0.15, 0.2) is 0 Å². The molecule has 0 bridgehead atoms. The fourth-order valence-electron chi connectivity index (χ4n) is 2.17. The molecule has 1 fully saturated rings. The molecule has 88 valence electrons. The smallest absolute Gasteiger partial charge is 0.0920 e. The van der Waals surface area contributed by atoms with Gasteiger partial charge in [-0.25, -0.2) is 0 Å². The summed E-state index contributed by atoms with van der Waals surface area (Å²) in [4.78, 5) is 2.40. The highest BCUT2D eigenvalue weighted by Gasteiger charge is 2.28. The zero-order valence-electron chi connectivity index (χ0n) is 9.58. The van der Waals surface area contributed by atoms with Gasteiger partial charge in [-0.1, -0.05) is 6.42 Å². The molecule has 0 aromatic heterocycles. The summed E-state index contributed by atoms with van der Waals surface area (Å²) >= 11 is 0.